The number of rotatable bonds is 8. The van der Waals surface area contributed by atoms with Crippen molar-refractivity contribution in [3.8, 4) is 0 Å². The number of piperidine rings is 1. The van der Waals surface area contributed by atoms with Crippen molar-refractivity contribution >= 4 is 16.0 Å². The van der Waals surface area contributed by atoms with Gasteiger partial charge in [0.15, 0.2) is 5.96 Å². The summed E-state index contributed by atoms with van der Waals surface area (Å²) in [4.78, 5) is 6.87. The largest absolute Gasteiger partial charge is 0.355 e. The fraction of sp³-hybridized carbons (Fsp3) is 0.650. The number of hydrogen-bond donors (Lipinski definition) is 3. The van der Waals surface area contributed by atoms with E-state index in [4.69, 9.17) is 0 Å². The molecule has 0 saturated carbocycles. The van der Waals surface area contributed by atoms with E-state index in [-0.39, 0.29) is 11.3 Å². The number of sulfonamides is 1. The smallest absolute Gasteiger partial charge is 0.215 e. The Kier molecular flexibility index (Phi) is 8.27. The first-order chi connectivity index (χ1) is 13.3. The summed E-state index contributed by atoms with van der Waals surface area (Å²) in [5.41, 5.74) is 1.92. The molecule has 0 amide bonds. The fourth-order valence-corrected chi connectivity index (χ4v) is 4.14. The SMILES string of the molecule is CN=C(NCc1ccc(CS(=O)(=O)NC)cc1)NCC(C)(C)N1CCCCC1. The first kappa shape index (κ1) is 22.6. The first-order valence-corrected chi connectivity index (χ1v) is 11.6. The maximum Gasteiger partial charge on any atom is 0.215 e. The normalized spacial score (nSPS) is 16.8. The maximum absolute atomic E-state index is 11.6. The minimum Gasteiger partial charge on any atom is -0.355 e. The highest BCUT2D eigenvalue weighted by molar-refractivity contribution is 7.88. The van der Waals surface area contributed by atoms with Gasteiger partial charge in [0.1, 0.15) is 0 Å². The van der Waals surface area contributed by atoms with Gasteiger partial charge >= 0.3 is 0 Å². The van der Waals surface area contributed by atoms with Gasteiger partial charge in [-0.25, -0.2) is 13.1 Å². The molecule has 0 aliphatic carbocycles. The minimum absolute atomic E-state index is 0.00792. The lowest BCUT2D eigenvalue weighted by Crippen LogP contribution is -2.54. The van der Waals surface area contributed by atoms with Crippen LogP contribution in [0, 0.1) is 0 Å². The number of benzene rings is 1. The molecule has 1 fully saturated rings. The molecular formula is C20H35N5O2S. The summed E-state index contributed by atoms with van der Waals surface area (Å²) in [6.45, 7) is 8.33. The van der Waals surface area contributed by atoms with E-state index in [0.29, 0.717) is 6.54 Å². The fourth-order valence-electron chi connectivity index (χ4n) is 3.36. The van der Waals surface area contributed by atoms with Crippen LogP contribution in [0.3, 0.4) is 0 Å². The minimum atomic E-state index is -3.24. The van der Waals surface area contributed by atoms with Gasteiger partial charge in [0, 0.05) is 25.7 Å². The Labute approximate surface area is 170 Å². The third-order valence-electron chi connectivity index (χ3n) is 5.27. The van der Waals surface area contributed by atoms with E-state index >= 15 is 0 Å². The molecule has 28 heavy (non-hydrogen) atoms. The number of guanidine groups is 1. The summed E-state index contributed by atoms with van der Waals surface area (Å²) < 4.78 is 25.6. The third kappa shape index (κ3) is 7.07. The van der Waals surface area contributed by atoms with Crippen LogP contribution in [0.5, 0.6) is 0 Å². The number of aliphatic imine (C=N–C) groups is 1. The van der Waals surface area contributed by atoms with Crippen molar-refractivity contribution < 1.29 is 8.42 Å². The van der Waals surface area contributed by atoms with Gasteiger partial charge in [-0.2, -0.15) is 0 Å². The van der Waals surface area contributed by atoms with Gasteiger partial charge in [-0.3, -0.25) is 9.89 Å². The Morgan fingerprint density at radius 3 is 2.25 bits per heavy atom. The third-order valence-corrected chi connectivity index (χ3v) is 6.61. The molecule has 0 radical (unpaired) electrons. The van der Waals surface area contributed by atoms with Crippen molar-refractivity contribution in [1.29, 1.82) is 0 Å². The van der Waals surface area contributed by atoms with Crippen LogP contribution in [-0.2, 0) is 22.3 Å². The highest BCUT2D eigenvalue weighted by Gasteiger charge is 2.27. The molecule has 0 spiro atoms. The molecule has 1 aliphatic heterocycles. The summed E-state index contributed by atoms with van der Waals surface area (Å²) in [5.74, 6) is 0.762. The molecule has 1 aromatic carbocycles. The van der Waals surface area contributed by atoms with Crippen molar-refractivity contribution in [3.63, 3.8) is 0 Å². The van der Waals surface area contributed by atoms with Crippen LogP contribution >= 0.6 is 0 Å². The van der Waals surface area contributed by atoms with Gasteiger partial charge < -0.3 is 10.6 Å². The summed E-state index contributed by atoms with van der Waals surface area (Å²) in [6, 6.07) is 7.58. The molecule has 2 rings (SSSR count). The summed E-state index contributed by atoms with van der Waals surface area (Å²) in [7, 11) is -0.0425. The predicted octanol–water partition coefficient (Wildman–Crippen LogP) is 1.67. The lowest BCUT2D eigenvalue weighted by Gasteiger charge is -2.41. The Hall–Kier alpha value is -1.64. The van der Waals surface area contributed by atoms with Crippen LogP contribution in [0.25, 0.3) is 0 Å². The molecule has 3 N–H and O–H groups in total. The van der Waals surface area contributed by atoms with Crippen LogP contribution in [0.15, 0.2) is 29.3 Å². The van der Waals surface area contributed by atoms with Crippen LogP contribution < -0.4 is 15.4 Å². The molecule has 1 heterocycles. The Morgan fingerprint density at radius 2 is 1.68 bits per heavy atom. The van der Waals surface area contributed by atoms with Crippen molar-refractivity contribution in [1.82, 2.24) is 20.3 Å². The van der Waals surface area contributed by atoms with E-state index in [2.05, 4.69) is 39.1 Å². The van der Waals surface area contributed by atoms with Crippen molar-refractivity contribution in [2.45, 2.75) is 50.9 Å². The van der Waals surface area contributed by atoms with E-state index in [9.17, 15) is 8.42 Å². The summed E-state index contributed by atoms with van der Waals surface area (Å²) in [5, 5.41) is 6.77. The Balaban J connectivity index is 1.83. The zero-order chi connectivity index (χ0) is 20.6. The zero-order valence-corrected chi connectivity index (χ0v) is 18.4. The molecule has 8 heteroatoms. The zero-order valence-electron chi connectivity index (χ0n) is 17.6. The summed E-state index contributed by atoms with van der Waals surface area (Å²) in [6.07, 6.45) is 3.90. The van der Waals surface area contributed by atoms with Crippen LogP contribution in [0.4, 0.5) is 0 Å². The second-order valence-electron chi connectivity index (χ2n) is 7.92. The van der Waals surface area contributed by atoms with Crippen molar-refractivity contribution in [2.24, 2.45) is 4.99 Å². The Morgan fingerprint density at radius 1 is 1.07 bits per heavy atom. The number of likely N-dealkylation sites (tertiary alicyclic amines) is 1. The van der Waals surface area contributed by atoms with Crippen LogP contribution in [0.2, 0.25) is 0 Å². The lowest BCUT2D eigenvalue weighted by molar-refractivity contribution is 0.0982. The van der Waals surface area contributed by atoms with E-state index in [1.165, 1.54) is 26.3 Å². The molecule has 0 unspecified atom stereocenters. The first-order valence-electron chi connectivity index (χ1n) is 9.94. The molecule has 0 aromatic heterocycles. The van der Waals surface area contributed by atoms with Gasteiger partial charge in [0.05, 0.1) is 5.75 Å². The highest BCUT2D eigenvalue weighted by Crippen LogP contribution is 2.19. The molecule has 0 atom stereocenters. The molecule has 1 aromatic rings. The monoisotopic (exact) mass is 409 g/mol. The van der Waals surface area contributed by atoms with Crippen molar-refractivity contribution in [2.75, 3.05) is 33.7 Å². The number of nitrogens with one attached hydrogen (secondary N) is 3. The molecule has 1 saturated heterocycles. The molecule has 1 aliphatic rings. The topological polar surface area (TPSA) is 85.8 Å². The second-order valence-corrected chi connectivity index (χ2v) is 9.85. The van der Waals surface area contributed by atoms with Gasteiger partial charge in [-0.05, 0) is 58.0 Å². The van der Waals surface area contributed by atoms with E-state index in [1.807, 2.05) is 24.3 Å². The standard InChI is InChI=1S/C20H35N5O2S/c1-20(2,25-12-6-5-7-13-25)16-24-19(21-3)23-14-17-8-10-18(11-9-17)15-28(26,27)22-4/h8-11,22H,5-7,12-16H2,1-4H3,(H2,21,23,24). The maximum atomic E-state index is 11.6. The highest BCUT2D eigenvalue weighted by atomic mass is 32.2. The van der Waals surface area contributed by atoms with Crippen molar-refractivity contribution in [3.05, 3.63) is 35.4 Å². The predicted molar refractivity (Wildman–Crippen MR) is 116 cm³/mol. The summed E-state index contributed by atoms with van der Waals surface area (Å²) >= 11 is 0. The average Bonchev–Trinajstić information content (AvgIpc) is 2.70. The second kappa shape index (κ2) is 10.2. The Bertz CT molecular complexity index is 738. The number of hydrogen-bond acceptors (Lipinski definition) is 4. The molecule has 7 nitrogen and oxygen atoms in total. The van der Waals surface area contributed by atoms with E-state index in [1.54, 1.807) is 7.05 Å². The van der Waals surface area contributed by atoms with Gasteiger partial charge in [-0.15, -0.1) is 0 Å². The van der Waals surface area contributed by atoms with E-state index < -0.39 is 10.0 Å². The lowest BCUT2D eigenvalue weighted by atomic mass is 9.98. The molecule has 158 valence electrons. The van der Waals surface area contributed by atoms with Gasteiger partial charge in [-0.1, -0.05) is 30.7 Å². The molecule has 0 bridgehead atoms. The number of nitrogens with zero attached hydrogens (tertiary/aromatic N) is 2. The average molecular weight is 410 g/mol. The van der Waals surface area contributed by atoms with Gasteiger partial charge in [0.2, 0.25) is 10.0 Å². The quantitative estimate of drug-likeness (QED) is 0.449. The van der Waals surface area contributed by atoms with Crippen LogP contribution in [0.1, 0.15) is 44.2 Å². The van der Waals surface area contributed by atoms with E-state index in [0.717, 1.165) is 36.7 Å². The van der Waals surface area contributed by atoms with Gasteiger partial charge in [0.25, 0.3) is 0 Å². The molecular weight excluding hydrogens is 374 g/mol. The van der Waals surface area contributed by atoms with Crippen LogP contribution in [-0.4, -0.2) is 58.5 Å².